The lowest BCUT2D eigenvalue weighted by atomic mass is 10.2. The molecular weight excluding hydrogens is 273 g/mol. The molecule has 1 N–H and O–H groups in total. The Bertz CT molecular complexity index is 460. The van der Waals surface area contributed by atoms with Gasteiger partial charge in [-0.05, 0) is 30.7 Å². The minimum absolute atomic E-state index is 0.0666. The monoisotopic (exact) mass is 287 g/mol. The minimum atomic E-state index is -0.212. The van der Waals surface area contributed by atoms with Crippen LogP contribution in [0.1, 0.15) is 12.5 Å². The summed E-state index contributed by atoms with van der Waals surface area (Å²) in [6, 6.07) is 4.92. The van der Waals surface area contributed by atoms with E-state index in [4.69, 9.17) is 28.3 Å². The lowest BCUT2D eigenvalue weighted by molar-refractivity contribution is -0.127. The molecule has 0 fully saturated rings. The molecular formula is C13H15Cl2NO2. The van der Waals surface area contributed by atoms with Crippen molar-refractivity contribution in [2.75, 3.05) is 13.7 Å². The summed E-state index contributed by atoms with van der Waals surface area (Å²) in [5.74, 6) is -0.178. The van der Waals surface area contributed by atoms with Gasteiger partial charge in [-0.25, -0.2) is 0 Å². The van der Waals surface area contributed by atoms with Crippen LogP contribution in [-0.4, -0.2) is 35.6 Å². The molecule has 1 unspecified atom stereocenters. The Balaban J connectivity index is 2.74. The van der Waals surface area contributed by atoms with Gasteiger partial charge in [-0.15, -0.1) is 0 Å². The zero-order chi connectivity index (χ0) is 13.7. The first kappa shape index (κ1) is 15.0. The molecule has 0 bridgehead atoms. The molecule has 18 heavy (non-hydrogen) atoms. The number of benzene rings is 1. The van der Waals surface area contributed by atoms with E-state index in [1.54, 1.807) is 38.2 Å². The predicted molar refractivity (Wildman–Crippen MR) is 74.8 cm³/mol. The van der Waals surface area contributed by atoms with Gasteiger partial charge in [-0.2, -0.15) is 0 Å². The first-order valence-corrected chi connectivity index (χ1v) is 6.22. The van der Waals surface area contributed by atoms with Crippen LogP contribution < -0.4 is 0 Å². The number of rotatable bonds is 4. The van der Waals surface area contributed by atoms with Crippen molar-refractivity contribution in [2.45, 2.75) is 13.0 Å². The summed E-state index contributed by atoms with van der Waals surface area (Å²) in [4.78, 5) is 13.2. The Morgan fingerprint density at radius 1 is 1.44 bits per heavy atom. The van der Waals surface area contributed by atoms with E-state index >= 15 is 0 Å². The lowest BCUT2D eigenvalue weighted by Gasteiger charge is -2.21. The smallest absolute Gasteiger partial charge is 0.246 e. The maximum Gasteiger partial charge on any atom is 0.246 e. The van der Waals surface area contributed by atoms with Gasteiger partial charge in [0.1, 0.15) is 0 Å². The predicted octanol–water partition coefficient (Wildman–Crippen LogP) is 2.85. The molecule has 0 saturated heterocycles. The maximum absolute atomic E-state index is 11.7. The van der Waals surface area contributed by atoms with Gasteiger partial charge in [0.2, 0.25) is 5.91 Å². The molecule has 3 nitrogen and oxygen atoms in total. The molecule has 0 radical (unpaired) electrons. The fourth-order valence-electron chi connectivity index (χ4n) is 1.24. The fraction of sp³-hybridized carbons (Fsp3) is 0.308. The second-order valence-corrected chi connectivity index (χ2v) is 4.80. The van der Waals surface area contributed by atoms with E-state index in [0.717, 1.165) is 5.56 Å². The van der Waals surface area contributed by atoms with E-state index in [-0.39, 0.29) is 18.6 Å². The number of carbonyl (C=O) groups is 1. The van der Waals surface area contributed by atoms with Gasteiger partial charge in [0.15, 0.2) is 0 Å². The minimum Gasteiger partial charge on any atom is -0.394 e. The standard InChI is InChI=1S/C13H15Cl2NO2/c1-9(8-17)16(2)13(18)6-4-10-3-5-11(14)12(15)7-10/h3-7,9,17H,8H2,1-2H3/b6-4+. The number of aliphatic hydroxyl groups is 1. The molecule has 0 aliphatic heterocycles. The van der Waals surface area contributed by atoms with Crippen molar-refractivity contribution >= 4 is 35.2 Å². The van der Waals surface area contributed by atoms with E-state index in [1.807, 2.05) is 0 Å². The van der Waals surface area contributed by atoms with Crippen LogP contribution in [0.25, 0.3) is 6.08 Å². The Morgan fingerprint density at radius 3 is 2.67 bits per heavy atom. The van der Waals surface area contributed by atoms with Crippen LogP contribution in [0.4, 0.5) is 0 Å². The van der Waals surface area contributed by atoms with Crippen LogP contribution in [0.15, 0.2) is 24.3 Å². The van der Waals surface area contributed by atoms with Gasteiger partial charge in [0.25, 0.3) is 0 Å². The zero-order valence-corrected chi connectivity index (χ0v) is 11.7. The number of amides is 1. The Kier molecular flexibility index (Phi) is 5.66. The Hall–Kier alpha value is -1.03. The molecule has 98 valence electrons. The number of hydrogen-bond acceptors (Lipinski definition) is 2. The summed E-state index contributed by atoms with van der Waals surface area (Å²) >= 11 is 11.7. The summed E-state index contributed by atoms with van der Waals surface area (Å²) in [5.41, 5.74) is 0.794. The van der Waals surface area contributed by atoms with Crippen molar-refractivity contribution < 1.29 is 9.90 Å². The number of aliphatic hydroxyl groups excluding tert-OH is 1. The average molecular weight is 288 g/mol. The molecule has 0 aromatic heterocycles. The van der Waals surface area contributed by atoms with Gasteiger partial charge in [0.05, 0.1) is 22.7 Å². The first-order valence-electron chi connectivity index (χ1n) is 5.46. The largest absolute Gasteiger partial charge is 0.394 e. The van der Waals surface area contributed by atoms with Gasteiger partial charge >= 0.3 is 0 Å². The second kappa shape index (κ2) is 6.78. The van der Waals surface area contributed by atoms with Crippen LogP contribution in [0.5, 0.6) is 0 Å². The van der Waals surface area contributed by atoms with Gasteiger partial charge in [0, 0.05) is 13.1 Å². The molecule has 0 spiro atoms. The topological polar surface area (TPSA) is 40.5 Å². The zero-order valence-electron chi connectivity index (χ0n) is 10.2. The van der Waals surface area contributed by atoms with Crippen molar-refractivity contribution in [2.24, 2.45) is 0 Å². The number of halogens is 2. The van der Waals surface area contributed by atoms with E-state index in [2.05, 4.69) is 0 Å². The molecule has 1 amide bonds. The van der Waals surface area contributed by atoms with E-state index in [9.17, 15) is 4.79 Å². The van der Waals surface area contributed by atoms with Crippen molar-refractivity contribution in [3.8, 4) is 0 Å². The number of likely N-dealkylation sites (N-methyl/N-ethyl adjacent to an activating group) is 1. The van der Waals surface area contributed by atoms with Crippen molar-refractivity contribution in [3.05, 3.63) is 39.9 Å². The molecule has 5 heteroatoms. The van der Waals surface area contributed by atoms with Crippen LogP contribution in [0.2, 0.25) is 10.0 Å². The quantitative estimate of drug-likeness (QED) is 0.865. The summed E-state index contributed by atoms with van der Waals surface area (Å²) < 4.78 is 0. The summed E-state index contributed by atoms with van der Waals surface area (Å²) in [7, 11) is 1.64. The van der Waals surface area contributed by atoms with Crippen molar-refractivity contribution in [1.29, 1.82) is 0 Å². The van der Waals surface area contributed by atoms with Gasteiger partial charge in [-0.1, -0.05) is 29.3 Å². The molecule has 0 heterocycles. The van der Waals surface area contributed by atoms with Gasteiger partial charge in [-0.3, -0.25) is 4.79 Å². The normalized spacial score (nSPS) is 12.7. The van der Waals surface area contributed by atoms with Crippen LogP contribution in [0.3, 0.4) is 0 Å². The SMILES string of the molecule is CC(CO)N(C)C(=O)/C=C/c1ccc(Cl)c(Cl)c1. The third-order valence-electron chi connectivity index (χ3n) is 2.64. The highest BCUT2D eigenvalue weighted by molar-refractivity contribution is 6.42. The fourth-order valence-corrected chi connectivity index (χ4v) is 1.55. The highest BCUT2D eigenvalue weighted by Gasteiger charge is 2.11. The average Bonchev–Trinajstić information content (AvgIpc) is 2.37. The molecule has 1 atom stereocenters. The third-order valence-corrected chi connectivity index (χ3v) is 3.37. The third kappa shape index (κ3) is 4.02. The van der Waals surface area contributed by atoms with Gasteiger partial charge < -0.3 is 10.0 Å². The molecule has 0 aliphatic rings. The van der Waals surface area contributed by atoms with E-state index < -0.39 is 0 Å². The summed E-state index contributed by atoms with van der Waals surface area (Å²) in [5, 5.41) is 9.88. The van der Waals surface area contributed by atoms with Crippen LogP contribution >= 0.6 is 23.2 Å². The highest BCUT2D eigenvalue weighted by Crippen LogP contribution is 2.23. The lowest BCUT2D eigenvalue weighted by Crippen LogP contribution is -2.36. The van der Waals surface area contributed by atoms with E-state index in [0.29, 0.717) is 10.0 Å². The highest BCUT2D eigenvalue weighted by atomic mass is 35.5. The van der Waals surface area contributed by atoms with Crippen LogP contribution in [0, 0.1) is 0 Å². The number of carbonyl (C=O) groups excluding carboxylic acids is 1. The summed E-state index contributed by atoms with van der Waals surface area (Å²) in [6.07, 6.45) is 3.09. The molecule has 1 rings (SSSR count). The van der Waals surface area contributed by atoms with Crippen LogP contribution in [-0.2, 0) is 4.79 Å². The maximum atomic E-state index is 11.7. The Labute approximate surface area is 117 Å². The molecule has 1 aromatic carbocycles. The Morgan fingerprint density at radius 2 is 2.11 bits per heavy atom. The summed E-state index contributed by atoms with van der Waals surface area (Å²) in [6.45, 7) is 1.70. The van der Waals surface area contributed by atoms with E-state index in [1.165, 1.54) is 11.0 Å². The molecule has 0 aliphatic carbocycles. The van der Waals surface area contributed by atoms with Crippen molar-refractivity contribution in [3.63, 3.8) is 0 Å². The molecule has 1 aromatic rings. The molecule has 0 saturated carbocycles. The first-order chi connectivity index (χ1) is 8.45. The number of nitrogens with zero attached hydrogens (tertiary/aromatic N) is 1. The van der Waals surface area contributed by atoms with Crippen molar-refractivity contribution in [1.82, 2.24) is 4.90 Å². The number of hydrogen-bond donors (Lipinski definition) is 1. The second-order valence-electron chi connectivity index (χ2n) is 3.99.